The van der Waals surface area contributed by atoms with Crippen LogP contribution in [0.2, 0.25) is 0 Å². The van der Waals surface area contributed by atoms with Crippen molar-refractivity contribution in [3.05, 3.63) is 29.6 Å². The minimum Gasteiger partial charge on any atom is -0.389 e. The summed E-state index contributed by atoms with van der Waals surface area (Å²) >= 11 is 0. The van der Waals surface area contributed by atoms with Crippen molar-refractivity contribution in [2.45, 2.75) is 31.8 Å². The molecular formula is C10H13NO. The van der Waals surface area contributed by atoms with E-state index in [9.17, 15) is 5.11 Å². The van der Waals surface area contributed by atoms with Crippen molar-refractivity contribution in [2.24, 2.45) is 0 Å². The summed E-state index contributed by atoms with van der Waals surface area (Å²) in [4.78, 5) is 4.30. The molecule has 1 aromatic heterocycles. The Morgan fingerprint density at radius 2 is 2.25 bits per heavy atom. The molecule has 0 bridgehead atoms. The Kier molecular flexibility index (Phi) is 1.85. The van der Waals surface area contributed by atoms with E-state index in [-0.39, 0.29) is 0 Å². The molecule has 0 aromatic carbocycles. The van der Waals surface area contributed by atoms with Crippen molar-refractivity contribution in [1.29, 1.82) is 0 Å². The minimum absolute atomic E-state index is 0.397. The number of aromatic nitrogens is 1. The predicted octanol–water partition coefficient (Wildman–Crippen LogP) is 2.01. The molecular weight excluding hydrogens is 150 g/mol. The van der Waals surface area contributed by atoms with Gasteiger partial charge in [0.1, 0.15) is 0 Å². The highest BCUT2D eigenvalue weighted by Gasteiger charge is 2.24. The highest BCUT2D eigenvalue weighted by atomic mass is 16.3. The molecule has 1 fully saturated rings. The average molecular weight is 163 g/mol. The van der Waals surface area contributed by atoms with Gasteiger partial charge in [-0.05, 0) is 31.4 Å². The predicted molar refractivity (Wildman–Crippen MR) is 46.8 cm³/mol. The number of pyridine rings is 1. The first-order chi connectivity index (χ1) is 5.77. The standard InChI is InChI=1S/C10H13NO/c1-7(12)9-4-5-10(11-6-9)8-2-3-8/h4-8,12H,2-3H2,1H3. The largest absolute Gasteiger partial charge is 0.389 e. The Balaban J connectivity index is 2.18. The van der Waals surface area contributed by atoms with Gasteiger partial charge in [-0.2, -0.15) is 0 Å². The molecule has 2 heteroatoms. The third-order valence-electron chi connectivity index (χ3n) is 2.29. The van der Waals surface area contributed by atoms with E-state index in [0.29, 0.717) is 5.92 Å². The van der Waals surface area contributed by atoms with Crippen LogP contribution in [0.25, 0.3) is 0 Å². The molecule has 0 amide bonds. The molecule has 1 heterocycles. The van der Waals surface area contributed by atoms with Crippen molar-refractivity contribution in [3.8, 4) is 0 Å². The lowest BCUT2D eigenvalue weighted by Crippen LogP contribution is -1.93. The van der Waals surface area contributed by atoms with Gasteiger partial charge in [0.15, 0.2) is 0 Å². The van der Waals surface area contributed by atoms with Crippen molar-refractivity contribution >= 4 is 0 Å². The number of aliphatic hydroxyl groups is 1. The first-order valence-corrected chi connectivity index (χ1v) is 4.41. The lowest BCUT2D eigenvalue weighted by Gasteiger charge is -2.04. The Bertz CT molecular complexity index is 241. The molecule has 0 saturated heterocycles. The van der Waals surface area contributed by atoms with Gasteiger partial charge in [0.05, 0.1) is 6.10 Å². The van der Waals surface area contributed by atoms with E-state index >= 15 is 0 Å². The summed E-state index contributed by atoms with van der Waals surface area (Å²) in [5.41, 5.74) is 2.08. The van der Waals surface area contributed by atoms with Gasteiger partial charge in [-0.1, -0.05) is 6.07 Å². The van der Waals surface area contributed by atoms with E-state index in [0.717, 1.165) is 5.56 Å². The fourth-order valence-electron chi connectivity index (χ4n) is 1.28. The highest BCUT2D eigenvalue weighted by molar-refractivity contribution is 5.20. The van der Waals surface area contributed by atoms with Gasteiger partial charge in [0.2, 0.25) is 0 Å². The normalized spacial score (nSPS) is 19.2. The third-order valence-corrected chi connectivity index (χ3v) is 2.29. The number of aliphatic hydroxyl groups excluding tert-OH is 1. The zero-order valence-electron chi connectivity index (χ0n) is 7.20. The Morgan fingerprint density at radius 3 is 2.67 bits per heavy atom. The van der Waals surface area contributed by atoms with E-state index in [2.05, 4.69) is 4.98 Å². The fraction of sp³-hybridized carbons (Fsp3) is 0.500. The zero-order valence-corrected chi connectivity index (χ0v) is 7.20. The summed E-state index contributed by atoms with van der Waals surface area (Å²) < 4.78 is 0. The number of hydrogen-bond acceptors (Lipinski definition) is 2. The summed E-state index contributed by atoms with van der Waals surface area (Å²) in [6, 6.07) is 3.99. The summed E-state index contributed by atoms with van der Waals surface area (Å²) in [6.45, 7) is 1.76. The van der Waals surface area contributed by atoms with Gasteiger partial charge >= 0.3 is 0 Å². The molecule has 1 N–H and O–H groups in total. The van der Waals surface area contributed by atoms with E-state index in [4.69, 9.17) is 0 Å². The first kappa shape index (κ1) is 7.74. The van der Waals surface area contributed by atoms with Crippen LogP contribution in [0.1, 0.15) is 43.0 Å². The van der Waals surface area contributed by atoms with Crippen molar-refractivity contribution < 1.29 is 5.11 Å². The van der Waals surface area contributed by atoms with Gasteiger partial charge in [-0.25, -0.2) is 0 Å². The highest BCUT2D eigenvalue weighted by Crippen LogP contribution is 2.38. The van der Waals surface area contributed by atoms with Crippen molar-refractivity contribution in [2.75, 3.05) is 0 Å². The molecule has 2 rings (SSSR count). The van der Waals surface area contributed by atoms with Gasteiger partial charge in [0.25, 0.3) is 0 Å². The molecule has 64 valence electrons. The van der Waals surface area contributed by atoms with Crippen LogP contribution in [0, 0.1) is 0 Å². The second-order valence-corrected chi connectivity index (χ2v) is 3.47. The number of nitrogens with zero attached hydrogens (tertiary/aromatic N) is 1. The van der Waals surface area contributed by atoms with E-state index in [1.807, 2.05) is 12.1 Å². The van der Waals surface area contributed by atoms with E-state index in [1.54, 1.807) is 13.1 Å². The van der Waals surface area contributed by atoms with Gasteiger partial charge in [0, 0.05) is 17.8 Å². The zero-order chi connectivity index (χ0) is 8.55. The maximum Gasteiger partial charge on any atom is 0.0776 e. The van der Waals surface area contributed by atoms with Gasteiger partial charge in [-0.3, -0.25) is 4.98 Å². The van der Waals surface area contributed by atoms with Gasteiger partial charge in [-0.15, -0.1) is 0 Å². The smallest absolute Gasteiger partial charge is 0.0776 e. The Labute approximate surface area is 72.3 Å². The quantitative estimate of drug-likeness (QED) is 0.723. The molecule has 0 radical (unpaired) electrons. The van der Waals surface area contributed by atoms with Crippen LogP contribution in [0.15, 0.2) is 18.3 Å². The summed E-state index contributed by atoms with van der Waals surface area (Å²) in [6.07, 6.45) is 3.94. The van der Waals surface area contributed by atoms with Crippen LogP contribution in [-0.2, 0) is 0 Å². The van der Waals surface area contributed by atoms with Crippen LogP contribution in [0.3, 0.4) is 0 Å². The van der Waals surface area contributed by atoms with Crippen LogP contribution in [0.5, 0.6) is 0 Å². The maximum atomic E-state index is 9.23. The molecule has 0 aliphatic heterocycles. The molecule has 1 aliphatic carbocycles. The lowest BCUT2D eigenvalue weighted by atomic mass is 10.1. The summed E-state index contributed by atoms with van der Waals surface area (Å²) in [7, 11) is 0. The first-order valence-electron chi connectivity index (χ1n) is 4.41. The fourth-order valence-corrected chi connectivity index (χ4v) is 1.28. The third kappa shape index (κ3) is 1.48. The molecule has 2 nitrogen and oxygen atoms in total. The van der Waals surface area contributed by atoms with Crippen LogP contribution < -0.4 is 0 Å². The molecule has 1 saturated carbocycles. The minimum atomic E-state index is -0.397. The molecule has 12 heavy (non-hydrogen) atoms. The van der Waals surface area contributed by atoms with Crippen LogP contribution in [-0.4, -0.2) is 10.1 Å². The topological polar surface area (TPSA) is 33.1 Å². The molecule has 1 atom stereocenters. The van der Waals surface area contributed by atoms with Crippen molar-refractivity contribution in [1.82, 2.24) is 4.98 Å². The lowest BCUT2D eigenvalue weighted by molar-refractivity contribution is 0.199. The number of rotatable bonds is 2. The Hall–Kier alpha value is -0.890. The monoisotopic (exact) mass is 163 g/mol. The molecule has 1 aliphatic rings. The van der Waals surface area contributed by atoms with Crippen LogP contribution >= 0.6 is 0 Å². The Morgan fingerprint density at radius 1 is 1.50 bits per heavy atom. The SMILES string of the molecule is CC(O)c1ccc(C2CC2)nc1. The average Bonchev–Trinajstić information content (AvgIpc) is 2.87. The van der Waals surface area contributed by atoms with Gasteiger partial charge < -0.3 is 5.11 Å². The molecule has 1 aromatic rings. The summed E-state index contributed by atoms with van der Waals surface area (Å²) in [5.74, 6) is 0.702. The maximum absolute atomic E-state index is 9.23. The second kappa shape index (κ2) is 2.87. The van der Waals surface area contributed by atoms with Crippen LogP contribution in [0.4, 0.5) is 0 Å². The van der Waals surface area contributed by atoms with E-state index < -0.39 is 6.10 Å². The second-order valence-electron chi connectivity index (χ2n) is 3.47. The summed E-state index contributed by atoms with van der Waals surface area (Å²) in [5, 5.41) is 9.23. The molecule has 1 unspecified atom stereocenters. The molecule has 0 spiro atoms. The van der Waals surface area contributed by atoms with Crippen molar-refractivity contribution in [3.63, 3.8) is 0 Å². The van der Waals surface area contributed by atoms with E-state index in [1.165, 1.54) is 18.5 Å². The number of hydrogen-bond donors (Lipinski definition) is 1.